The molecule has 126 valence electrons. The van der Waals surface area contributed by atoms with E-state index in [2.05, 4.69) is 16.4 Å². The molecule has 1 saturated heterocycles. The Morgan fingerprint density at radius 3 is 2.58 bits per heavy atom. The molecule has 1 aromatic heterocycles. The number of ether oxygens (including phenoxy) is 1. The zero-order chi connectivity index (χ0) is 17.1. The Bertz CT molecular complexity index is 708. The monoisotopic (exact) mass is 325 g/mol. The van der Waals surface area contributed by atoms with Crippen molar-refractivity contribution in [3.05, 3.63) is 53.2 Å². The Balaban J connectivity index is 1.56. The van der Waals surface area contributed by atoms with Crippen LogP contribution in [0.2, 0.25) is 0 Å². The van der Waals surface area contributed by atoms with Crippen molar-refractivity contribution in [3.63, 3.8) is 0 Å². The van der Waals surface area contributed by atoms with Crippen LogP contribution in [0.4, 0.5) is 10.5 Å². The molecule has 5 heteroatoms. The van der Waals surface area contributed by atoms with Crippen LogP contribution in [-0.4, -0.2) is 35.1 Å². The highest BCUT2D eigenvalue weighted by Gasteiger charge is 2.28. The van der Waals surface area contributed by atoms with Crippen molar-refractivity contribution in [1.29, 1.82) is 0 Å². The zero-order valence-corrected chi connectivity index (χ0v) is 14.4. The molecule has 1 N–H and O–H groups in total. The van der Waals surface area contributed by atoms with Gasteiger partial charge in [-0.15, -0.1) is 0 Å². The van der Waals surface area contributed by atoms with E-state index in [9.17, 15) is 4.79 Å². The van der Waals surface area contributed by atoms with Crippen molar-refractivity contribution >= 4 is 11.7 Å². The first-order valence-corrected chi connectivity index (χ1v) is 8.23. The molecular formula is C19H23N3O2. The lowest BCUT2D eigenvalue weighted by molar-refractivity contribution is 0.190. The van der Waals surface area contributed by atoms with Gasteiger partial charge in [0.1, 0.15) is 6.10 Å². The zero-order valence-electron chi connectivity index (χ0n) is 14.4. The summed E-state index contributed by atoms with van der Waals surface area (Å²) < 4.78 is 5.87. The standard InChI is InChI=1S/C19H23N3O2/c1-13-4-5-18(20-11-13)24-17-6-7-22(12-17)19(23)21-16-9-14(2)8-15(3)10-16/h4-5,8-11,17H,6-7,12H2,1-3H3,(H,21,23). The molecule has 5 nitrogen and oxygen atoms in total. The van der Waals surface area contributed by atoms with E-state index in [1.54, 1.807) is 11.1 Å². The highest BCUT2D eigenvalue weighted by Crippen LogP contribution is 2.19. The number of hydrogen-bond donors (Lipinski definition) is 1. The maximum Gasteiger partial charge on any atom is 0.321 e. The summed E-state index contributed by atoms with van der Waals surface area (Å²) in [6.07, 6.45) is 2.59. The van der Waals surface area contributed by atoms with Crippen molar-refractivity contribution in [2.75, 3.05) is 18.4 Å². The Morgan fingerprint density at radius 2 is 1.92 bits per heavy atom. The average molecular weight is 325 g/mol. The van der Waals surface area contributed by atoms with E-state index in [4.69, 9.17) is 4.74 Å². The van der Waals surface area contributed by atoms with Gasteiger partial charge in [0.05, 0.1) is 6.54 Å². The molecule has 3 rings (SSSR count). The summed E-state index contributed by atoms with van der Waals surface area (Å²) in [5.41, 5.74) is 4.21. The number of hydrogen-bond acceptors (Lipinski definition) is 3. The van der Waals surface area contributed by atoms with Crippen molar-refractivity contribution in [2.45, 2.75) is 33.3 Å². The van der Waals surface area contributed by atoms with Crippen LogP contribution in [0.15, 0.2) is 36.5 Å². The fourth-order valence-electron chi connectivity index (χ4n) is 2.95. The number of urea groups is 1. The summed E-state index contributed by atoms with van der Waals surface area (Å²) in [4.78, 5) is 18.5. The summed E-state index contributed by atoms with van der Waals surface area (Å²) in [5, 5.41) is 2.97. The quantitative estimate of drug-likeness (QED) is 0.936. The Labute approximate surface area is 142 Å². The molecule has 24 heavy (non-hydrogen) atoms. The van der Waals surface area contributed by atoms with Crippen molar-refractivity contribution in [2.24, 2.45) is 0 Å². The molecule has 1 fully saturated rings. The lowest BCUT2D eigenvalue weighted by Gasteiger charge is -2.18. The predicted molar refractivity (Wildman–Crippen MR) is 94.5 cm³/mol. The normalized spacial score (nSPS) is 17.0. The molecule has 0 spiro atoms. The van der Waals surface area contributed by atoms with Crippen LogP contribution in [-0.2, 0) is 0 Å². The van der Waals surface area contributed by atoms with Gasteiger partial charge in [-0.1, -0.05) is 12.1 Å². The second-order valence-corrected chi connectivity index (χ2v) is 6.45. The van der Waals surface area contributed by atoms with Crippen molar-refractivity contribution < 1.29 is 9.53 Å². The second kappa shape index (κ2) is 6.91. The van der Waals surface area contributed by atoms with Crippen LogP contribution < -0.4 is 10.1 Å². The minimum atomic E-state index is -0.0806. The largest absolute Gasteiger partial charge is 0.472 e. The van der Waals surface area contributed by atoms with E-state index < -0.39 is 0 Å². The van der Waals surface area contributed by atoms with Gasteiger partial charge in [0.25, 0.3) is 0 Å². The van der Waals surface area contributed by atoms with E-state index in [1.165, 1.54) is 0 Å². The maximum absolute atomic E-state index is 12.4. The van der Waals surface area contributed by atoms with Crippen LogP contribution in [0.3, 0.4) is 0 Å². The third-order valence-corrected chi connectivity index (χ3v) is 4.08. The fraction of sp³-hybridized carbons (Fsp3) is 0.368. The van der Waals surface area contributed by atoms with Gasteiger partial charge in [-0.3, -0.25) is 0 Å². The molecular weight excluding hydrogens is 302 g/mol. The lowest BCUT2D eigenvalue weighted by atomic mass is 10.1. The molecule has 0 saturated carbocycles. The first-order chi connectivity index (χ1) is 11.5. The van der Waals surface area contributed by atoms with Gasteiger partial charge in [0, 0.05) is 30.9 Å². The molecule has 1 unspecified atom stereocenters. The van der Waals surface area contributed by atoms with Gasteiger partial charge >= 0.3 is 6.03 Å². The number of carbonyl (C=O) groups is 1. The average Bonchev–Trinajstić information content (AvgIpc) is 2.97. The number of pyridine rings is 1. The van der Waals surface area contributed by atoms with Crippen LogP contribution in [0, 0.1) is 20.8 Å². The van der Waals surface area contributed by atoms with Crippen LogP contribution in [0.5, 0.6) is 5.88 Å². The Kier molecular flexibility index (Phi) is 4.69. The predicted octanol–water partition coefficient (Wildman–Crippen LogP) is 3.69. The minimum absolute atomic E-state index is 0.00907. The molecule has 2 aromatic rings. The summed E-state index contributed by atoms with van der Waals surface area (Å²) in [6.45, 7) is 7.30. The highest BCUT2D eigenvalue weighted by molar-refractivity contribution is 5.89. The number of rotatable bonds is 3. The highest BCUT2D eigenvalue weighted by atomic mass is 16.5. The molecule has 1 aromatic carbocycles. The first-order valence-electron chi connectivity index (χ1n) is 8.23. The van der Waals surface area contributed by atoms with Crippen LogP contribution in [0.25, 0.3) is 0 Å². The summed E-state index contributed by atoms with van der Waals surface area (Å²) in [5.74, 6) is 0.613. The molecule has 1 aliphatic rings. The number of aromatic nitrogens is 1. The van der Waals surface area contributed by atoms with Gasteiger partial charge in [-0.25, -0.2) is 9.78 Å². The Hall–Kier alpha value is -2.56. The molecule has 0 radical (unpaired) electrons. The third kappa shape index (κ3) is 4.04. The minimum Gasteiger partial charge on any atom is -0.472 e. The number of likely N-dealkylation sites (tertiary alicyclic amines) is 1. The van der Waals surface area contributed by atoms with Crippen LogP contribution in [0.1, 0.15) is 23.1 Å². The lowest BCUT2D eigenvalue weighted by Crippen LogP contribution is -2.34. The number of amides is 2. The molecule has 1 aliphatic heterocycles. The summed E-state index contributed by atoms with van der Waals surface area (Å²) in [6, 6.07) is 9.80. The van der Waals surface area contributed by atoms with E-state index in [0.29, 0.717) is 19.0 Å². The molecule has 0 bridgehead atoms. The van der Waals surface area contributed by atoms with Gasteiger partial charge in [0.2, 0.25) is 5.88 Å². The fourth-order valence-corrected chi connectivity index (χ4v) is 2.95. The number of benzene rings is 1. The molecule has 1 atom stereocenters. The third-order valence-electron chi connectivity index (χ3n) is 4.08. The smallest absolute Gasteiger partial charge is 0.321 e. The SMILES string of the molecule is Cc1ccc(OC2CCN(C(=O)Nc3cc(C)cc(C)c3)C2)nc1. The van der Waals surface area contributed by atoms with Crippen molar-refractivity contribution in [1.82, 2.24) is 9.88 Å². The molecule has 2 heterocycles. The number of nitrogens with zero attached hydrogens (tertiary/aromatic N) is 2. The van der Waals surface area contributed by atoms with E-state index in [-0.39, 0.29) is 12.1 Å². The second-order valence-electron chi connectivity index (χ2n) is 6.45. The number of carbonyl (C=O) groups excluding carboxylic acids is 1. The van der Waals surface area contributed by atoms with Crippen LogP contribution >= 0.6 is 0 Å². The summed E-state index contributed by atoms with van der Waals surface area (Å²) >= 11 is 0. The van der Waals surface area contributed by atoms with Gasteiger partial charge in [-0.2, -0.15) is 0 Å². The number of nitrogens with one attached hydrogen (secondary N) is 1. The van der Waals surface area contributed by atoms with Gasteiger partial charge in [0.15, 0.2) is 0 Å². The van der Waals surface area contributed by atoms with Gasteiger partial charge < -0.3 is 15.0 Å². The summed E-state index contributed by atoms with van der Waals surface area (Å²) in [7, 11) is 0. The topological polar surface area (TPSA) is 54.5 Å². The van der Waals surface area contributed by atoms with E-state index >= 15 is 0 Å². The van der Waals surface area contributed by atoms with E-state index in [0.717, 1.165) is 28.8 Å². The first kappa shape index (κ1) is 16.3. The number of aryl methyl sites for hydroxylation is 3. The molecule has 2 amide bonds. The van der Waals surface area contributed by atoms with E-state index in [1.807, 2.05) is 45.0 Å². The maximum atomic E-state index is 12.4. The Morgan fingerprint density at radius 1 is 1.17 bits per heavy atom. The van der Waals surface area contributed by atoms with Crippen molar-refractivity contribution in [3.8, 4) is 5.88 Å². The van der Waals surface area contributed by atoms with Gasteiger partial charge in [-0.05, 0) is 49.6 Å². The molecule has 0 aliphatic carbocycles. The number of anilines is 1.